The Morgan fingerprint density at radius 2 is 2.23 bits per heavy atom. The molecule has 1 fully saturated rings. The van der Waals surface area contributed by atoms with E-state index in [9.17, 15) is 4.39 Å². The summed E-state index contributed by atoms with van der Waals surface area (Å²) in [6.07, 6.45) is 0.383. The number of alkyl halides is 1. The number of phenolic OH excluding ortho intramolecular Hbond substituents is 1. The van der Waals surface area contributed by atoms with Crippen LogP contribution in [0.3, 0.4) is 0 Å². The first kappa shape index (κ1) is 8.51. The number of halogens is 1. The molecule has 0 aliphatic carbocycles. The fourth-order valence-electron chi connectivity index (χ4n) is 1.55. The van der Waals surface area contributed by atoms with E-state index in [-0.39, 0.29) is 5.75 Å². The van der Waals surface area contributed by atoms with Gasteiger partial charge in [0.2, 0.25) is 0 Å². The van der Waals surface area contributed by atoms with Gasteiger partial charge in [0.05, 0.1) is 0 Å². The lowest BCUT2D eigenvalue weighted by molar-refractivity contribution is 0.0911. The van der Waals surface area contributed by atoms with Crippen molar-refractivity contribution in [1.82, 2.24) is 5.32 Å². The van der Waals surface area contributed by atoms with E-state index in [1.807, 2.05) is 6.07 Å². The van der Waals surface area contributed by atoms with Crippen molar-refractivity contribution in [2.75, 3.05) is 13.1 Å². The van der Waals surface area contributed by atoms with Gasteiger partial charge in [-0.15, -0.1) is 0 Å². The van der Waals surface area contributed by atoms with Crippen LogP contribution in [0.1, 0.15) is 5.56 Å². The van der Waals surface area contributed by atoms with Crippen LogP contribution in [0.2, 0.25) is 0 Å². The molecule has 0 unspecified atom stereocenters. The SMILES string of the molecule is Oc1cccc(CC2(F)CNC2)c1. The standard InChI is InChI=1S/C10H12FNO/c11-10(6-12-7-10)5-8-2-1-3-9(13)4-8/h1-4,12-13H,5-7H2. The Morgan fingerprint density at radius 3 is 2.77 bits per heavy atom. The molecule has 0 spiro atoms. The first-order valence-electron chi connectivity index (χ1n) is 4.36. The summed E-state index contributed by atoms with van der Waals surface area (Å²) in [6.45, 7) is 0.839. The minimum atomic E-state index is -1.10. The summed E-state index contributed by atoms with van der Waals surface area (Å²) < 4.78 is 13.6. The van der Waals surface area contributed by atoms with Gasteiger partial charge >= 0.3 is 0 Å². The summed E-state index contributed by atoms with van der Waals surface area (Å²) in [5.41, 5.74) is -0.252. The number of rotatable bonds is 2. The number of phenols is 1. The molecule has 1 heterocycles. The molecule has 0 aromatic heterocycles. The van der Waals surface area contributed by atoms with Gasteiger partial charge in [0.25, 0.3) is 0 Å². The van der Waals surface area contributed by atoms with Gasteiger partial charge in [0.15, 0.2) is 0 Å². The largest absolute Gasteiger partial charge is 0.508 e. The van der Waals surface area contributed by atoms with Crippen LogP contribution in [-0.2, 0) is 6.42 Å². The minimum absolute atomic E-state index is 0.202. The molecule has 1 saturated heterocycles. The Labute approximate surface area is 76.4 Å². The first-order chi connectivity index (χ1) is 6.18. The van der Waals surface area contributed by atoms with Crippen LogP contribution >= 0.6 is 0 Å². The first-order valence-corrected chi connectivity index (χ1v) is 4.36. The molecule has 2 nitrogen and oxygen atoms in total. The van der Waals surface area contributed by atoms with Gasteiger partial charge in [-0.1, -0.05) is 12.1 Å². The number of nitrogens with one attached hydrogen (secondary N) is 1. The molecule has 1 aromatic rings. The Kier molecular flexibility index (Phi) is 1.96. The lowest BCUT2D eigenvalue weighted by Gasteiger charge is -2.35. The molecule has 0 atom stereocenters. The maximum atomic E-state index is 13.6. The summed E-state index contributed by atoms with van der Waals surface area (Å²) in [5, 5.41) is 12.1. The van der Waals surface area contributed by atoms with Gasteiger partial charge in [-0.2, -0.15) is 0 Å². The predicted molar refractivity (Wildman–Crippen MR) is 48.5 cm³/mol. The molecule has 2 N–H and O–H groups in total. The van der Waals surface area contributed by atoms with Gasteiger partial charge in [0.1, 0.15) is 11.4 Å². The summed E-state index contributed by atoms with van der Waals surface area (Å²) in [6, 6.07) is 6.77. The Bertz CT molecular complexity index is 310. The molecular formula is C10H12FNO. The highest BCUT2D eigenvalue weighted by molar-refractivity contribution is 5.28. The second-order valence-corrected chi connectivity index (χ2v) is 3.60. The second-order valence-electron chi connectivity index (χ2n) is 3.60. The molecular weight excluding hydrogens is 169 g/mol. The van der Waals surface area contributed by atoms with Crippen LogP contribution < -0.4 is 5.32 Å². The normalized spacial score (nSPS) is 19.5. The number of benzene rings is 1. The van der Waals surface area contributed by atoms with Crippen molar-refractivity contribution in [1.29, 1.82) is 0 Å². The van der Waals surface area contributed by atoms with Crippen molar-refractivity contribution in [2.24, 2.45) is 0 Å². The smallest absolute Gasteiger partial charge is 0.139 e. The van der Waals surface area contributed by atoms with Crippen LogP contribution in [0.5, 0.6) is 5.75 Å². The average molecular weight is 181 g/mol. The van der Waals surface area contributed by atoms with E-state index in [0.29, 0.717) is 19.5 Å². The Hall–Kier alpha value is -1.09. The van der Waals surface area contributed by atoms with E-state index < -0.39 is 5.67 Å². The third-order valence-electron chi connectivity index (χ3n) is 2.32. The van der Waals surface area contributed by atoms with Gasteiger partial charge in [0, 0.05) is 19.5 Å². The fraction of sp³-hybridized carbons (Fsp3) is 0.400. The monoisotopic (exact) mass is 181 g/mol. The van der Waals surface area contributed by atoms with Gasteiger partial charge in [-0.25, -0.2) is 4.39 Å². The highest BCUT2D eigenvalue weighted by Crippen LogP contribution is 2.23. The van der Waals surface area contributed by atoms with Crippen molar-refractivity contribution in [3.8, 4) is 5.75 Å². The fourth-order valence-corrected chi connectivity index (χ4v) is 1.55. The Morgan fingerprint density at radius 1 is 1.46 bits per heavy atom. The summed E-state index contributed by atoms with van der Waals surface area (Å²) in [4.78, 5) is 0. The Balaban J connectivity index is 2.09. The van der Waals surface area contributed by atoms with Crippen LogP contribution in [-0.4, -0.2) is 23.9 Å². The zero-order chi connectivity index (χ0) is 9.31. The number of hydrogen-bond donors (Lipinski definition) is 2. The highest BCUT2D eigenvalue weighted by atomic mass is 19.1. The summed E-state index contributed by atoms with van der Waals surface area (Å²) in [7, 11) is 0. The molecule has 0 amide bonds. The molecule has 0 saturated carbocycles. The van der Waals surface area contributed by atoms with Crippen molar-refractivity contribution in [2.45, 2.75) is 12.1 Å². The maximum Gasteiger partial charge on any atom is 0.139 e. The molecule has 3 heteroatoms. The predicted octanol–water partition coefficient (Wildman–Crippen LogP) is 1.25. The van der Waals surface area contributed by atoms with E-state index in [1.165, 1.54) is 0 Å². The van der Waals surface area contributed by atoms with E-state index in [0.717, 1.165) is 5.56 Å². The van der Waals surface area contributed by atoms with E-state index in [2.05, 4.69) is 5.32 Å². The van der Waals surface area contributed by atoms with Crippen LogP contribution in [0, 0.1) is 0 Å². The third-order valence-corrected chi connectivity index (χ3v) is 2.32. The lowest BCUT2D eigenvalue weighted by atomic mass is 9.91. The molecule has 1 aliphatic heterocycles. The topological polar surface area (TPSA) is 32.3 Å². The van der Waals surface area contributed by atoms with Crippen molar-refractivity contribution in [3.63, 3.8) is 0 Å². The maximum absolute atomic E-state index is 13.6. The van der Waals surface area contributed by atoms with Gasteiger partial charge in [-0.05, 0) is 17.7 Å². The third kappa shape index (κ3) is 1.80. The zero-order valence-electron chi connectivity index (χ0n) is 7.26. The molecule has 70 valence electrons. The number of aromatic hydroxyl groups is 1. The van der Waals surface area contributed by atoms with Crippen molar-refractivity contribution < 1.29 is 9.50 Å². The van der Waals surface area contributed by atoms with Crippen molar-refractivity contribution in [3.05, 3.63) is 29.8 Å². The van der Waals surface area contributed by atoms with E-state index in [1.54, 1.807) is 18.2 Å². The van der Waals surface area contributed by atoms with Gasteiger partial charge in [-0.3, -0.25) is 0 Å². The quantitative estimate of drug-likeness (QED) is 0.719. The molecule has 0 radical (unpaired) electrons. The lowest BCUT2D eigenvalue weighted by Crippen LogP contribution is -2.57. The van der Waals surface area contributed by atoms with Crippen LogP contribution in [0.25, 0.3) is 0 Å². The molecule has 0 bridgehead atoms. The highest BCUT2D eigenvalue weighted by Gasteiger charge is 2.36. The molecule has 1 aromatic carbocycles. The van der Waals surface area contributed by atoms with Crippen molar-refractivity contribution >= 4 is 0 Å². The van der Waals surface area contributed by atoms with E-state index >= 15 is 0 Å². The molecule has 1 aliphatic rings. The zero-order valence-corrected chi connectivity index (χ0v) is 7.26. The second kappa shape index (κ2) is 3.00. The van der Waals surface area contributed by atoms with Gasteiger partial charge < -0.3 is 10.4 Å². The van der Waals surface area contributed by atoms with Crippen LogP contribution in [0.4, 0.5) is 4.39 Å². The van der Waals surface area contributed by atoms with E-state index in [4.69, 9.17) is 5.11 Å². The number of hydrogen-bond acceptors (Lipinski definition) is 2. The average Bonchev–Trinajstić information content (AvgIpc) is 2.01. The molecule has 2 rings (SSSR count). The minimum Gasteiger partial charge on any atom is -0.508 e. The molecule has 13 heavy (non-hydrogen) atoms. The summed E-state index contributed by atoms with van der Waals surface area (Å²) >= 11 is 0. The van der Waals surface area contributed by atoms with Crippen LogP contribution in [0.15, 0.2) is 24.3 Å². The summed E-state index contributed by atoms with van der Waals surface area (Å²) in [5.74, 6) is 0.202.